The zero-order valence-corrected chi connectivity index (χ0v) is 16.7. The van der Waals surface area contributed by atoms with Gasteiger partial charge in [0.25, 0.3) is 0 Å². The molecule has 1 aliphatic carbocycles. The van der Waals surface area contributed by atoms with Gasteiger partial charge in [0, 0.05) is 57.1 Å². The van der Waals surface area contributed by atoms with Crippen LogP contribution in [0.15, 0.2) is 6.07 Å². The molecule has 0 atom stereocenters. The minimum atomic E-state index is 0.149. The van der Waals surface area contributed by atoms with Gasteiger partial charge in [0.1, 0.15) is 0 Å². The molecule has 0 radical (unpaired) electrons. The molecule has 3 aliphatic rings. The summed E-state index contributed by atoms with van der Waals surface area (Å²) >= 11 is 0. The summed E-state index contributed by atoms with van der Waals surface area (Å²) in [4.78, 5) is 17.0. The predicted octanol–water partition coefficient (Wildman–Crippen LogP) is 1.02. The molecule has 0 spiro atoms. The maximum atomic E-state index is 11.9. The summed E-state index contributed by atoms with van der Waals surface area (Å²) < 4.78 is 7.63. The summed E-state index contributed by atoms with van der Waals surface area (Å²) in [6, 6.07) is 2.63. The Morgan fingerprint density at radius 3 is 2.78 bits per heavy atom. The van der Waals surface area contributed by atoms with E-state index in [9.17, 15) is 4.79 Å². The van der Waals surface area contributed by atoms with E-state index >= 15 is 0 Å². The molecular weight excluding hydrogens is 342 g/mol. The molecule has 27 heavy (non-hydrogen) atoms. The number of hydrogen-bond acceptors (Lipinski definition) is 5. The number of carbonyl (C=O) groups excluding carboxylic acids is 1. The standard InChI is InChI=1S/C20H33N5O2/c1-20(2,24-9-11-27-12-10-24)15-23-7-8-25-18(14-23)13-17(22-25)5-6-19(26)21-16-3-4-16/h13,16H,3-12,14-15H2,1-2H3,(H,21,26). The highest BCUT2D eigenvalue weighted by Gasteiger charge is 2.31. The molecule has 2 aliphatic heterocycles. The van der Waals surface area contributed by atoms with E-state index in [0.29, 0.717) is 12.5 Å². The van der Waals surface area contributed by atoms with Crippen molar-refractivity contribution >= 4 is 5.91 Å². The lowest BCUT2D eigenvalue weighted by molar-refractivity contribution is -0.121. The summed E-state index contributed by atoms with van der Waals surface area (Å²) in [5.74, 6) is 0.164. The highest BCUT2D eigenvalue weighted by Crippen LogP contribution is 2.22. The SMILES string of the molecule is CC(C)(CN1CCn2nc(CCC(=O)NC3CC3)cc2C1)N1CCOCC1. The Morgan fingerprint density at radius 2 is 2.04 bits per heavy atom. The Kier molecular flexibility index (Phi) is 5.53. The number of fused-ring (bicyclic) bond motifs is 1. The van der Waals surface area contributed by atoms with Crippen molar-refractivity contribution in [2.24, 2.45) is 0 Å². The van der Waals surface area contributed by atoms with Crippen LogP contribution in [0.3, 0.4) is 0 Å². The van der Waals surface area contributed by atoms with E-state index in [2.05, 4.69) is 39.7 Å². The third kappa shape index (κ3) is 4.89. The van der Waals surface area contributed by atoms with Crippen molar-refractivity contribution in [1.82, 2.24) is 24.9 Å². The summed E-state index contributed by atoms with van der Waals surface area (Å²) in [6.07, 6.45) is 3.56. The van der Waals surface area contributed by atoms with Gasteiger partial charge in [-0.25, -0.2) is 0 Å². The third-order valence-corrected chi connectivity index (χ3v) is 5.96. The van der Waals surface area contributed by atoms with Crippen LogP contribution in [0.1, 0.15) is 44.5 Å². The lowest BCUT2D eigenvalue weighted by atomic mass is 10.0. The lowest BCUT2D eigenvalue weighted by Gasteiger charge is -2.44. The molecule has 4 rings (SSSR count). The molecular formula is C20H33N5O2. The number of morpholine rings is 1. The molecule has 2 fully saturated rings. The molecule has 1 N–H and O–H groups in total. The fourth-order valence-corrected chi connectivity index (χ4v) is 4.22. The molecule has 0 aromatic carbocycles. The van der Waals surface area contributed by atoms with Crippen LogP contribution in [-0.4, -0.2) is 76.5 Å². The zero-order valence-electron chi connectivity index (χ0n) is 16.7. The number of aryl methyl sites for hydroxylation is 1. The van der Waals surface area contributed by atoms with Gasteiger partial charge in [-0.3, -0.25) is 19.3 Å². The number of rotatable bonds is 7. The fourth-order valence-electron chi connectivity index (χ4n) is 4.22. The first kappa shape index (κ1) is 18.9. The van der Waals surface area contributed by atoms with E-state index in [4.69, 9.17) is 9.84 Å². The molecule has 1 saturated carbocycles. The highest BCUT2D eigenvalue weighted by molar-refractivity contribution is 5.76. The minimum Gasteiger partial charge on any atom is -0.379 e. The molecule has 150 valence electrons. The van der Waals surface area contributed by atoms with E-state index < -0.39 is 0 Å². The molecule has 3 heterocycles. The van der Waals surface area contributed by atoms with Gasteiger partial charge in [-0.2, -0.15) is 5.10 Å². The van der Waals surface area contributed by atoms with Crippen molar-refractivity contribution < 1.29 is 9.53 Å². The van der Waals surface area contributed by atoms with Gasteiger partial charge in [0.15, 0.2) is 0 Å². The van der Waals surface area contributed by atoms with Gasteiger partial charge in [0.2, 0.25) is 5.91 Å². The molecule has 1 amide bonds. The molecule has 0 unspecified atom stereocenters. The van der Waals surface area contributed by atoms with Crippen molar-refractivity contribution in [3.63, 3.8) is 0 Å². The van der Waals surface area contributed by atoms with Crippen LogP contribution in [0.5, 0.6) is 0 Å². The van der Waals surface area contributed by atoms with Crippen LogP contribution in [0.25, 0.3) is 0 Å². The second-order valence-corrected chi connectivity index (χ2v) is 8.81. The number of aromatic nitrogens is 2. The lowest BCUT2D eigenvalue weighted by Crippen LogP contribution is -2.56. The van der Waals surface area contributed by atoms with Crippen LogP contribution < -0.4 is 5.32 Å². The van der Waals surface area contributed by atoms with E-state index in [-0.39, 0.29) is 11.4 Å². The van der Waals surface area contributed by atoms with Crippen molar-refractivity contribution in [3.05, 3.63) is 17.5 Å². The predicted molar refractivity (Wildman–Crippen MR) is 103 cm³/mol. The molecule has 1 aromatic heterocycles. The van der Waals surface area contributed by atoms with Gasteiger partial charge in [0.05, 0.1) is 31.1 Å². The number of amides is 1. The van der Waals surface area contributed by atoms with Gasteiger partial charge in [-0.05, 0) is 32.8 Å². The summed E-state index contributed by atoms with van der Waals surface area (Å²) in [6.45, 7) is 12.4. The van der Waals surface area contributed by atoms with Crippen molar-refractivity contribution in [3.8, 4) is 0 Å². The average Bonchev–Trinajstić information content (AvgIpc) is 3.37. The van der Waals surface area contributed by atoms with Gasteiger partial charge in [-0.1, -0.05) is 0 Å². The highest BCUT2D eigenvalue weighted by atomic mass is 16.5. The van der Waals surface area contributed by atoms with Crippen LogP contribution in [0.2, 0.25) is 0 Å². The topological polar surface area (TPSA) is 62.6 Å². The molecule has 7 heteroatoms. The van der Waals surface area contributed by atoms with Crippen LogP contribution in [0, 0.1) is 0 Å². The van der Waals surface area contributed by atoms with Crippen molar-refractivity contribution in [1.29, 1.82) is 0 Å². The Labute approximate surface area is 162 Å². The van der Waals surface area contributed by atoms with E-state index in [1.165, 1.54) is 5.69 Å². The monoisotopic (exact) mass is 375 g/mol. The Bertz CT molecular complexity index is 661. The average molecular weight is 376 g/mol. The number of carbonyl (C=O) groups is 1. The maximum absolute atomic E-state index is 11.9. The van der Waals surface area contributed by atoms with E-state index in [0.717, 1.165) is 77.4 Å². The van der Waals surface area contributed by atoms with Crippen molar-refractivity contribution in [2.45, 2.75) is 64.2 Å². The van der Waals surface area contributed by atoms with E-state index in [1.54, 1.807) is 0 Å². The summed E-state index contributed by atoms with van der Waals surface area (Å²) in [5, 5.41) is 7.78. The van der Waals surface area contributed by atoms with Gasteiger partial charge in [-0.15, -0.1) is 0 Å². The third-order valence-electron chi connectivity index (χ3n) is 5.96. The first-order chi connectivity index (χ1) is 13.0. The fraction of sp³-hybridized carbons (Fsp3) is 0.800. The molecule has 0 bridgehead atoms. The number of nitrogens with one attached hydrogen (secondary N) is 1. The van der Waals surface area contributed by atoms with Crippen LogP contribution in [-0.2, 0) is 29.0 Å². The Hall–Kier alpha value is -1.44. The molecule has 1 saturated heterocycles. The number of ether oxygens (including phenoxy) is 1. The smallest absolute Gasteiger partial charge is 0.220 e. The summed E-state index contributed by atoms with van der Waals surface area (Å²) in [7, 11) is 0. The van der Waals surface area contributed by atoms with Crippen molar-refractivity contribution in [2.75, 3.05) is 39.4 Å². The first-order valence-electron chi connectivity index (χ1n) is 10.4. The summed E-state index contributed by atoms with van der Waals surface area (Å²) in [5.41, 5.74) is 2.47. The minimum absolute atomic E-state index is 0.149. The van der Waals surface area contributed by atoms with Crippen LogP contribution in [0.4, 0.5) is 0 Å². The number of hydrogen-bond donors (Lipinski definition) is 1. The second kappa shape index (κ2) is 7.89. The Morgan fingerprint density at radius 1 is 1.26 bits per heavy atom. The van der Waals surface area contributed by atoms with Gasteiger partial charge < -0.3 is 10.1 Å². The second-order valence-electron chi connectivity index (χ2n) is 8.81. The Balaban J connectivity index is 1.30. The first-order valence-corrected chi connectivity index (χ1v) is 10.4. The zero-order chi connectivity index (χ0) is 18.9. The van der Waals surface area contributed by atoms with Gasteiger partial charge >= 0.3 is 0 Å². The molecule has 1 aromatic rings. The number of nitrogens with zero attached hydrogens (tertiary/aromatic N) is 4. The maximum Gasteiger partial charge on any atom is 0.220 e. The largest absolute Gasteiger partial charge is 0.379 e. The quantitative estimate of drug-likeness (QED) is 0.771. The van der Waals surface area contributed by atoms with E-state index in [1.807, 2.05) is 0 Å². The van der Waals surface area contributed by atoms with Crippen LogP contribution >= 0.6 is 0 Å². The normalized spacial score (nSPS) is 21.9. The molecule has 7 nitrogen and oxygen atoms in total.